The maximum absolute atomic E-state index is 13.1. The number of rotatable bonds is 70. The van der Waals surface area contributed by atoms with Gasteiger partial charge in [-0.1, -0.05) is 261 Å². The molecular weight excluding hydrogens is 1350 g/mol. The number of ether oxygens (including phenoxy) is 4. The summed E-state index contributed by atoms with van der Waals surface area (Å²) < 4.78 is 68.4. The van der Waals surface area contributed by atoms with Gasteiger partial charge in [0.25, 0.3) is 0 Å². The third kappa shape index (κ3) is 74.2. The minimum atomic E-state index is -5.02. The Hall–Kier alpha value is -6.10. The Labute approximate surface area is 627 Å². The average Bonchev–Trinajstić information content (AvgIpc) is 0.910. The Morgan fingerprint density at radius 3 is 0.817 bits per heavy atom. The summed E-state index contributed by atoms with van der Waals surface area (Å²) in [4.78, 5) is 72.9. The smallest absolute Gasteiger partial charge is 0.462 e. The monoisotopic (exact) mass is 1490 g/mol. The predicted octanol–water partition coefficient (Wildman–Crippen LogP) is 22.5. The van der Waals surface area contributed by atoms with Crippen LogP contribution in [0.5, 0.6) is 0 Å². The van der Waals surface area contributed by atoms with E-state index in [0.717, 1.165) is 167 Å². The van der Waals surface area contributed by atoms with Gasteiger partial charge in [-0.05, 0) is 167 Å². The van der Waals surface area contributed by atoms with E-state index in [0.29, 0.717) is 38.5 Å². The fourth-order valence-electron chi connectivity index (χ4n) is 9.26. The SMILES string of the molecule is CC/C=C\C/C=C\C/C=C\C/C=C\C/C=C\CCCC(=O)OCC(COP(=O)(O)OCC(O)COP(=O)(O)OCC(COC(=O)CCCCCC/C=C\C/C=C\C/C=C\C/C=C\CC)OC(=O)CCCCCCC/C=C\C/C=C\CCC)OC(=O)CCC/C=C\C/C=C\C/C=C\C/C=C\C/C=C\CC. The first-order valence-corrected chi connectivity index (χ1v) is 41.7. The fraction of sp³-hybridized carbons (Fsp3) is 0.576. The van der Waals surface area contributed by atoms with Crippen molar-refractivity contribution in [1.29, 1.82) is 0 Å². The van der Waals surface area contributed by atoms with E-state index in [-0.39, 0.29) is 25.7 Å². The Kier molecular flexibility index (Phi) is 70.7. The van der Waals surface area contributed by atoms with Crippen LogP contribution >= 0.6 is 15.6 Å². The number of unbranched alkanes of at least 4 members (excludes halogenated alkanes) is 12. The summed E-state index contributed by atoms with van der Waals surface area (Å²) in [5.41, 5.74) is 0. The number of aliphatic hydroxyl groups excluding tert-OH is 1. The van der Waals surface area contributed by atoms with Crippen LogP contribution in [0.1, 0.15) is 259 Å². The summed E-state index contributed by atoms with van der Waals surface area (Å²) in [5.74, 6) is -2.38. The molecule has 0 aromatic carbocycles. The maximum atomic E-state index is 13.1. The zero-order chi connectivity index (χ0) is 76.0. The van der Waals surface area contributed by atoms with Gasteiger partial charge in [-0.25, -0.2) is 9.13 Å². The predicted molar refractivity (Wildman–Crippen MR) is 426 cm³/mol. The van der Waals surface area contributed by atoms with Crippen molar-refractivity contribution in [3.05, 3.63) is 194 Å². The molecule has 0 bridgehead atoms. The highest BCUT2D eigenvalue weighted by molar-refractivity contribution is 7.47. The molecule has 5 atom stereocenters. The highest BCUT2D eigenvalue weighted by Crippen LogP contribution is 2.45. The summed E-state index contributed by atoms with van der Waals surface area (Å²) in [6, 6.07) is 0. The van der Waals surface area contributed by atoms with Gasteiger partial charge >= 0.3 is 39.5 Å². The van der Waals surface area contributed by atoms with Crippen molar-refractivity contribution in [3.8, 4) is 0 Å². The molecule has 0 radical (unpaired) electrons. The lowest BCUT2D eigenvalue weighted by Crippen LogP contribution is -2.30. The fourth-order valence-corrected chi connectivity index (χ4v) is 10.8. The standard InChI is InChI=1S/C85H134O17P2/c1-5-9-13-17-21-25-29-33-36-39-42-46-49-53-57-61-65-69-82(87)95-75-80(101-84(89)71-67-63-59-55-51-45-32-28-24-20-16-12-8-4)77-99-103(91,92)97-73-79(86)74-98-104(93,94)100-78-81(102-85(90)72-68-64-60-56-52-48-44-41-38-35-31-27-23-19-15-11-7-3)76-96-83(88)70-66-62-58-54-50-47-43-40-37-34-30-26-22-18-14-10-6-2/h9-11,13-16,20-23,25-28,32-38,42-44,46-48,54,56,58,60,79-81,86H,5-8,12,17-19,24,29-31,39-41,45,49-53,55,57,59,61-78H2,1-4H3,(H,91,92)(H,93,94)/b13-9-,14-10-,15-11-,20-16-,25-21-,26-22-,27-23-,32-28-,36-33-,37-34-,38-35-,46-42-,47-43-,48-44-,58-54-,60-56-. The van der Waals surface area contributed by atoms with Crippen LogP contribution in [-0.4, -0.2) is 96.7 Å². The van der Waals surface area contributed by atoms with Crippen molar-refractivity contribution in [1.82, 2.24) is 0 Å². The van der Waals surface area contributed by atoms with Gasteiger partial charge in [0, 0.05) is 25.7 Å². The molecule has 19 heteroatoms. The van der Waals surface area contributed by atoms with E-state index in [2.05, 4.69) is 198 Å². The lowest BCUT2D eigenvalue weighted by molar-refractivity contribution is -0.161. The van der Waals surface area contributed by atoms with E-state index in [1.165, 1.54) is 0 Å². The van der Waals surface area contributed by atoms with E-state index in [1.54, 1.807) is 0 Å². The average molecular weight is 1490 g/mol. The first-order valence-electron chi connectivity index (χ1n) is 38.7. The van der Waals surface area contributed by atoms with E-state index >= 15 is 0 Å². The second-order valence-corrected chi connectivity index (χ2v) is 27.7. The molecular formula is C85H134O17P2. The van der Waals surface area contributed by atoms with Gasteiger partial charge in [0.05, 0.1) is 26.4 Å². The normalized spacial score (nSPS) is 15.0. The summed E-state index contributed by atoms with van der Waals surface area (Å²) >= 11 is 0. The van der Waals surface area contributed by atoms with Gasteiger partial charge < -0.3 is 33.8 Å². The van der Waals surface area contributed by atoms with Gasteiger partial charge in [0.1, 0.15) is 19.3 Å². The van der Waals surface area contributed by atoms with Crippen molar-refractivity contribution < 1.29 is 80.2 Å². The first kappa shape index (κ1) is 97.9. The third-order valence-corrected chi connectivity index (χ3v) is 16.9. The van der Waals surface area contributed by atoms with E-state index in [9.17, 15) is 43.2 Å². The van der Waals surface area contributed by atoms with Crippen LogP contribution in [0.25, 0.3) is 0 Å². The quantitative estimate of drug-likeness (QED) is 0.0169. The number of carbonyl (C=O) groups excluding carboxylic acids is 4. The molecule has 0 aromatic heterocycles. The lowest BCUT2D eigenvalue weighted by atomic mass is 10.1. The zero-order valence-corrected chi connectivity index (χ0v) is 65.6. The van der Waals surface area contributed by atoms with Crippen LogP contribution in [-0.2, 0) is 65.4 Å². The highest BCUT2D eigenvalue weighted by atomic mass is 31.2. The molecule has 0 rings (SSSR count). The summed E-state index contributed by atoms with van der Waals surface area (Å²) in [6.07, 6.45) is 91.5. The molecule has 0 saturated heterocycles. The number of phosphoric ester groups is 2. The molecule has 586 valence electrons. The Balaban J connectivity index is 5.52. The number of allylic oxidation sites excluding steroid dienone is 32. The molecule has 0 aliphatic heterocycles. The van der Waals surface area contributed by atoms with Gasteiger partial charge in [-0.3, -0.25) is 37.3 Å². The third-order valence-electron chi connectivity index (χ3n) is 15.0. The van der Waals surface area contributed by atoms with Crippen LogP contribution in [0.3, 0.4) is 0 Å². The first-order chi connectivity index (χ1) is 50.7. The van der Waals surface area contributed by atoms with Crippen molar-refractivity contribution >= 4 is 39.5 Å². The van der Waals surface area contributed by atoms with Crippen molar-refractivity contribution in [2.75, 3.05) is 39.6 Å². The minimum absolute atomic E-state index is 0.00455. The Morgan fingerprint density at radius 1 is 0.279 bits per heavy atom. The number of esters is 4. The van der Waals surface area contributed by atoms with Gasteiger partial charge in [0.15, 0.2) is 12.2 Å². The maximum Gasteiger partial charge on any atom is 0.472 e. The number of carbonyl (C=O) groups is 4. The highest BCUT2D eigenvalue weighted by Gasteiger charge is 2.30. The largest absolute Gasteiger partial charge is 0.472 e. The molecule has 0 aromatic rings. The Morgan fingerprint density at radius 2 is 0.510 bits per heavy atom. The second kappa shape index (κ2) is 75.1. The molecule has 0 spiro atoms. The molecule has 0 saturated carbocycles. The molecule has 0 aliphatic rings. The molecule has 5 unspecified atom stereocenters. The van der Waals surface area contributed by atoms with E-state index < -0.39 is 97.5 Å². The molecule has 0 heterocycles. The van der Waals surface area contributed by atoms with Crippen LogP contribution in [0.15, 0.2) is 194 Å². The number of phosphoric acid groups is 2. The molecule has 0 amide bonds. The Bertz CT molecular complexity index is 2740. The van der Waals surface area contributed by atoms with Crippen molar-refractivity contribution in [2.45, 2.75) is 277 Å². The molecule has 17 nitrogen and oxygen atoms in total. The molecule has 0 fully saturated rings. The van der Waals surface area contributed by atoms with Crippen molar-refractivity contribution in [2.24, 2.45) is 0 Å². The lowest BCUT2D eigenvalue weighted by Gasteiger charge is -2.21. The second-order valence-electron chi connectivity index (χ2n) is 24.8. The van der Waals surface area contributed by atoms with Crippen LogP contribution < -0.4 is 0 Å². The zero-order valence-electron chi connectivity index (χ0n) is 63.9. The van der Waals surface area contributed by atoms with Crippen LogP contribution in [0.2, 0.25) is 0 Å². The number of hydrogen-bond donors (Lipinski definition) is 3. The number of hydrogen-bond acceptors (Lipinski definition) is 15. The summed E-state index contributed by atoms with van der Waals surface area (Å²) in [7, 11) is -10.0. The topological polar surface area (TPSA) is 237 Å². The summed E-state index contributed by atoms with van der Waals surface area (Å²) in [5, 5.41) is 10.6. The van der Waals surface area contributed by atoms with E-state index in [4.69, 9.17) is 37.0 Å². The molecule has 0 aliphatic carbocycles. The summed E-state index contributed by atoms with van der Waals surface area (Å²) in [6.45, 7) is 4.25. The van der Waals surface area contributed by atoms with Crippen LogP contribution in [0.4, 0.5) is 0 Å². The van der Waals surface area contributed by atoms with Gasteiger partial charge in [0.2, 0.25) is 0 Å². The minimum Gasteiger partial charge on any atom is -0.462 e. The van der Waals surface area contributed by atoms with Gasteiger partial charge in [-0.15, -0.1) is 0 Å². The molecule has 3 N–H and O–H groups in total. The molecule has 104 heavy (non-hydrogen) atoms. The van der Waals surface area contributed by atoms with Gasteiger partial charge in [-0.2, -0.15) is 0 Å². The van der Waals surface area contributed by atoms with E-state index in [1.807, 2.05) is 24.3 Å². The van der Waals surface area contributed by atoms with Crippen molar-refractivity contribution in [3.63, 3.8) is 0 Å². The number of aliphatic hydroxyl groups is 1. The van der Waals surface area contributed by atoms with Crippen LogP contribution in [0, 0.1) is 0 Å².